The maximum atomic E-state index is 3.70. The third-order valence-electron chi connectivity index (χ3n) is 3.11. The second-order valence-electron chi connectivity index (χ2n) is 4.03. The van der Waals surface area contributed by atoms with E-state index in [2.05, 4.69) is 71.4 Å². The monoisotopic (exact) mass is 300 g/mol. The molecule has 0 heterocycles. The van der Waals surface area contributed by atoms with Crippen molar-refractivity contribution in [2.45, 2.75) is 20.8 Å². The minimum absolute atomic E-state index is 1.21. The molecule has 0 fully saturated rings. The van der Waals surface area contributed by atoms with Gasteiger partial charge in [-0.15, -0.1) is 0 Å². The molecule has 0 atom stereocenters. The highest BCUT2D eigenvalue weighted by atomic mass is 79.9. The van der Waals surface area contributed by atoms with Gasteiger partial charge in [0.15, 0.2) is 0 Å². The molecule has 18 heavy (non-hydrogen) atoms. The average Bonchev–Trinajstić information content (AvgIpc) is 2.47. The Kier molecular flexibility index (Phi) is 4.03. The first-order valence-electron chi connectivity index (χ1n) is 6.34. The lowest BCUT2D eigenvalue weighted by atomic mass is 9.98. The average molecular weight is 301 g/mol. The van der Waals surface area contributed by atoms with Gasteiger partial charge in [0.1, 0.15) is 0 Å². The van der Waals surface area contributed by atoms with Gasteiger partial charge in [-0.2, -0.15) is 0 Å². The molecule has 0 spiro atoms. The van der Waals surface area contributed by atoms with E-state index < -0.39 is 0 Å². The fraction of sp³-hybridized carbons (Fsp3) is 0.176. The van der Waals surface area contributed by atoms with Gasteiger partial charge in [-0.1, -0.05) is 62.4 Å². The van der Waals surface area contributed by atoms with Crippen LogP contribution < -0.4 is 0 Å². The summed E-state index contributed by atoms with van der Waals surface area (Å²) in [6.07, 6.45) is 0. The summed E-state index contributed by atoms with van der Waals surface area (Å²) in [4.78, 5) is 0. The van der Waals surface area contributed by atoms with Crippen LogP contribution >= 0.6 is 15.9 Å². The van der Waals surface area contributed by atoms with Crippen LogP contribution in [0.2, 0.25) is 0 Å². The molecule has 3 rings (SSSR count). The van der Waals surface area contributed by atoms with Gasteiger partial charge in [0.2, 0.25) is 0 Å². The van der Waals surface area contributed by atoms with Gasteiger partial charge in [-0.05, 0) is 50.0 Å². The molecule has 0 unspecified atom stereocenters. The number of hydrogen-bond acceptors (Lipinski definition) is 0. The number of benzene rings is 3. The van der Waals surface area contributed by atoms with Gasteiger partial charge in [0.25, 0.3) is 0 Å². The predicted octanol–water partition coefficient (Wildman–Crippen LogP) is 6.09. The molecule has 0 aromatic heterocycles. The molecule has 0 aliphatic rings. The summed E-state index contributed by atoms with van der Waals surface area (Å²) < 4.78 is 1.21. The second-order valence-corrected chi connectivity index (χ2v) is 4.82. The number of fused-ring (bicyclic) bond motifs is 3. The van der Waals surface area contributed by atoms with Gasteiger partial charge in [-0.3, -0.25) is 0 Å². The van der Waals surface area contributed by atoms with Crippen molar-refractivity contribution in [1.82, 2.24) is 0 Å². The maximum absolute atomic E-state index is 3.70. The standard InChI is InChI=1S/C15H11Br.C2H6/c1-10-11-6-2-3-7-12(11)13-8-4-5-9-14(13)15(10)16;1-2/h2-9H,1H3;1-2H3. The second kappa shape index (κ2) is 5.53. The van der Waals surface area contributed by atoms with Gasteiger partial charge in [-0.25, -0.2) is 0 Å². The van der Waals surface area contributed by atoms with Crippen LogP contribution in [0.15, 0.2) is 53.0 Å². The zero-order valence-corrected chi connectivity index (χ0v) is 12.6. The summed E-state index contributed by atoms with van der Waals surface area (Å²) in [6.45, 7) is 6.17. The highest BCUT2D eigenvalue weighted by molar-refractivity contribution is 9.10. The van der Waals surface area contributed by atoms with Crippen LogP contribution in [0.5, 0.6) is 0 Å². The molecule has 0 bridgehead atoms. The van der Waals surface area contributed by atoms with E-state index in [9.17, 15) is 0 Å². The van der Waals surface area contributed by atoms with E-state index in [0.29, 0.717) is 0 Å². The van der Waals surface area contributed by atoms with Crippen LogP contribution in [0.25, 0.3) is 21.5 Å². The van der Waals surface area contributed by atoms with E-state index in [1.165, 1.54) is 31.6 Å². The Morgan fingerprint density at radius 3 is 1.61 bits per heavy atom. The molecule has 92 valence electrons. The van der Waals surface area contributed by atoms with Gasteiger partial charge < -0.3 is 0 Å². The van der Waals surface area contributed by atoms with Crippen molar-refractivity contribution < 1.29 is 0 Å². The van der Waals surface area contributed by atoms with Gasteiger partial charge >= 0.3 is 0 Å². The van der Waals surface area contributed by atoms with Gasteiger partial charge in [0, 0.05) is 4.47 Å². The van der Waals surface area contributed by atoms with Gasteiger partial charge in [0.05, 0.1) is 0 Å². The van der Waals surface area contributed by atoms with E-state index in [1.54, 1.807) is 0 Å². The molecular weight excluding hydrogens is 284 g/mol. The highest BCUT2D eigenvalue weighted by Crippen LogP contribution is 2.35. The van der Waals surface area contributed by atoms with Crippen molar-refractivity contribution >= 4 is 37.5 Å². The first kappa shape index (κ1) is 13.1. The summed E-state index contributed by atoms with van der Waals surface area (Å²) >= 11 is 3.70. The Hall–Kier alpha value is -1.34. The van der Waals surface area contributed by atoms with Crippen LogP contribution in [0.4, 0.5) is 0 Å². The number of aryl methyl sites for hydroxylation is 1. The number of hydrogen-bond donors (Lipinski definition) is 0. The summed E-state index contributed by atoms with van der Waals surface area (Å²) in [5.74, 6) is 0. The molecule has 0 aliphatic heterocycles. The quantitative estimate of drug-likeness (QED) is 0.441. The van der Waals surface area contributed by atoms with Crippen molar-refractivity contribution in [3.8, 4) is 0 Å². The van der Waals surface area contributed by atoms with Crippen molar-refractivity contribution in [3.05, 3.63) is 58.6 Å². The van der Waals surface area contributed by atoms with Crippen LogP contribution in [-0.2, 0) is 0 Å². The molecule has 3 aromatic carbocycles. The predicted molar refractivity (Wildman–Crippen MR) is 85.2 cm³/mol. The Morgan fingerprint density at radius 1 is 0.667 bits per heavy atom. The Morgan fingerprint density at radius 2 is 1.06 bits per heavy atom. The van der Waals surface area contributed by atoms with Crippen molar-refractivity contribution in [2.75, 3.05) is 0 Å². The van der Waals surface area contributed by atoms with Crippen LogP contribution in [0.1, 0.15) is 19.4 Å². The summed E-state index contributed by atoms with van der Waals surface area (Å²) in [5, 5.41) is 5.26. The fourth-order valence-corrected chi connectivity index (χ4v) is 2.83. The van der Waals surface area contributed by atoms with Crippen molar-refractivity contribution in [3.63, 3.8) is 0 Å². The van der Waals surface area contributed by atoms with E-state index in [4.69, 9.17) is 0 Å². The third-order valence-corrected chi connectivity index (χ3v) is 4.14. The minimum Gasteiger partial charge on any atom is -0.0683 e. The molecule has 0 nitrogen and oxygen atoms in total. The summed E-state index contributed by atoms with van der Waals surface area (Å²) in [7, 11) is 0. The van der Waals surface area contributed by atoms with Crippen LogP contribution in [-0.4, -0.2) is 0 Å². The highest BCUT2D eigenvalue weighted by Gasteiger charge is 2.07. The fourth-order valence-electron chi connectivity index (χ4n) is 2.27. The lowest BCUT2D eigenvalue weighted by Crippen LogP contribution is -1.84. The molecule has 0 saturated carbocycles. The molecule has 0 aliphatic carbocycles. The lowest BCUT2D eigenvalue weighted by Gasteiger charge is -2.10. The Balaban J connectivity index is 0.000000574. The van der Waals surface area contributed by atoms with Crippen molar-refractivity contribution in [1.29, 1.82) is 0 Å². The first-order valence-corrected chi connectivity index (χ1v) is 7.14. The maximum Gasteiger partial charge on any atom is 0.0289 e. The summed E-state index contributed by atoms with van der Waals surface area (Å²) in [6, 6.07) is 17.1. The third kappa shape index (κ3) is 2.04. The molecule has 0 radical (unpaired) electrons. The first-order chi connectivity index (χ1) is 8.79. The topological polar surface area (TPSA) is 0 Å². The smallest absolute Gasteiger partial charge is 0.0289 e. The van der Waals surface area contributed by atoms with E-state index in [0.717, 1.165) is 0 Å². The molecule has 0 amide bonds. The molecule has 3 aromatic rings. The zero-order valence-electron chi connectivity index (χ0n) is 11.0. The normalized spacial score (nSPS) is 10.2. The number of rotatable bonds is 0. The van der Waals surface area contributed by atoms with Crippen LogP contribution in [0, 0.1) is 6.92 Å². The molecule has 1 heteroatoms. The van der Waals surface area contributed by atoms with Crippen LogP contribution in [0.3, 0.4) is 0 Å². The lowest BCUT2D eigenvalue weighted by molar-refractivity contribution is 1.50. The molecule has 0 saturated heterocycles. The molecule has 0 N–H and O–H groups in total. The largest absolute Gasteiger partial charge is 0.0683 e. The zero-order chi connectivity index (χ0) is 13.1. The molecular formula is C17H17Br. The Labute approximate surface area is 117 Å². The van der Waals surface area contributed by atoms with E-state index in [1.807, 2.05) is 13.8 Å². The van der Waals surface area contributed by atoms with E-state index in [-0.39, 0.29) is 0 Å². The number of halogens is 1. The SMILES string of the molecule is CC.Cc1c(Br)c2ccccc2c2ccccc12. The summed E-state index contributed by atoms with van der Waals surface area (Å²) in [5.41, 5.74) is 1.31. The van der Waals surface area contributed by atoms with Crippen molar-refractivity contribution in [2.24, 2.45) is 0 Å². The Bertz CT molecular complexity index is 623. The van der Waals surface area contributed by atoms with E-state index >= 15 is 0 Å². The minimum atomic E-state index is 1.21.